The molecule has 1 aromatic heterocycles. The van der Waals surface area contributed by atoms with E-state index in [1.54, 1.807) is 0 Å². The second-order valence-electron chi connectivity index (χ2n) is 3.21. The number of cyclic esters (lactones) is 2. The zero-order chi connectivity index (χ0) is 9.97. The summed E-state index contributed by atoms with van der Waals surface area (Å²) in [5.74, 6) is 0.585. The highest BCUT2D eigenvalue weighted by atomic mass is 16.6. The van der Waals surface area contributed by atoms with Crippen LogP contribution in [0, 0.1) is 0 Å². The average Bonchev–Trinajstić information content (AvgIpc) is 2.58. The molecular formula is C10H10O4. The van der Waals surface area contributed by atoms with Crippen molar-refractivity contribution in [3.05, 3.63) is 23.7 Å². The Hall–Kier alpha value is -1.58. The third-order valence-corrected chi connectivity index (χ3v) is 2.10. The van der Waals surface area contributed by atoms with Gasteiger partial charge >= 0.3 is 11.9 Å². The Morgan fingerprint density at radius 3 is 1.86 bits per heavy atom. The molecule has 2 rings (SSSR count). The summed E-state index contributed by atoms with van der Waals surface area (Å²) in [7, 11) is 0. The van der Waals surface area contributed by atoms with Crippen LogP contribution in [0.4, 0.5) is 0 Å². The first kappa shape index (κ1) is 8.99. The summed E-state index contributed by atoms with van der Waals surface area (Å²) in [6.07, 6.45) is 1.37. The molecule has 0 saturated carbocycles. The Balaban J connectivity index is 2.17. The van der Waals surface area contributed by atoms with Crippen LogP contribution in [-0.2, 0) is 27.2 Å². The minimum absolute atomic E-state index is 0.193. The van der Waals surface area contributed by atoms with Gasteiger partial charge in [0.1, 0.15) is 11.5 Å². The first-order chi connectivity index (χ1) is 6.74. The average molecular weight is 194 g/mol. The van der Waals surface area contributed by atoms with Gasteiger partial charge in [0, 0.05) is 12.8 Å². The number of furan rings is 1. The van der Waals surface area contributed by atoms with Crippen LogP contribution in [0.15, 0.2) is 16.5 Å². The molecule has 0 unspecified atom stereocenters. The van der Waals surface area contributed by atoms with Crippen LogP contribution in [-0.4, -0.2) is 11.9 Å². The molecule has 0 amide bonds. The second kappa shape index (κ2) is 3.65. The van der Waals surface area contributed by atoms with Crippen molar-refractivity contribution < 1.29 is 18.7 Å². The van der Waals surface area contributed by atoms with Gasteiger partial charge in [0.15, 0.2) is 0 Å². The molecule has 0 aromatic carbocycles. The highest BCUT2D eigenvalue weighted by Gasteiger charge is 2.15. The molecule has 1 aliphatic rings. The summed E-state index contributed by atoms with van der Waals surface area (Å²) in [5, 5.41) is 0. The summed E-state index contributed by atoms with van der Waals surface area (Å²) in [5.41, 5.74) is 0. The topological polar surface area (TPSA) is 56.5 Å². The fourth-order valence-corrected chi connectivity index (χ4v) is 1.37. The van der Waals surface area contributed by atoms with Gasteiger partial charge in [0.05, 0.1) is 12.8 Å². The first-order valence-electron chi connectivity index (χ1n) is 4.55. The van der Waals surface area contributed by atoms with Crippen LogP contribution in [0.5, 0.6) is 0 Å². The number of hydrogen-bond donors (Lipinski definition) is 0. The van der Waals surface area contributed by atoms with E-state index in [-0.39, 0.29) is 12.8 Å². The van der Waals surface area contributed by atoms with Crippen LogP contribution >= 0.6 is 0 Å². The van der Waals surface area contributed by atoms with Crippen LogP contribution in [0.1, 0.15) is 24.4 Å². The molecule has 0 N–H and O–H groups in total. The minimum Gasteiger partial charge on any atom is -0.466 e. The smallest absolute Gasteiger partial charge is 0.313 e. The van der Waals surface area contributed by atoms with Crippen molar-refractivity contribution in [3.8, 4) is 0 Å². The minimum atomic E-state index is -0.477. The Morgan fingerprint density at radius 1 is 0.857 bits per heavy atom. The van der Waals surface area contributed by atoms with Crippen molar-refractivity contribution in [1.82, 2.24) is 0 Å². The van der Waals surface area contributed by atoms with Crippen molar-refractivity contribution in [2.75, 3.05) is 0 Å². The maximum absolute atomic E-state index is 11.0. The number of hydrogen-bond acceptors (Lipinski definition) is 4. The Bertz CT molecular complexity index is 331. The maximum Gasteiger partial charge on any atom is 0.313 e. The number of ether oxygens (including phenoxy) is 1. The monoisotopic (exact) mass is 194 g/mol. The summed E-state index contributed by atoms with van der Waals surface area (Å²) < 4.78 is 9.96. The molecule has 4 nitrogen and oxygen atoms in total. The van der Waals surface area contributed by atoms with E-state index in [1.165, 1.54) is 0 Å². The van der Waals surface area contributed by atoms with Crippen LogP contribution in [0.2, 0.25) is 0 Å². The standard InChI is InChI=1S/C10H10O4/c11-9-5-3-7-1-2-8(13-7)4-6-10(12)14-9/h1-2H,3-6H2. The Kier molecular flexibility index (Phi) is 2.35. The van der Waals surface area contributed by atoms with Gasteiger partial charge < -0.3 is 9.15 Å². The molecule has 0 aliphatic carbocycles. The highest BCUT2D eigenvalue weighted by molar-refractivity contribution is 5.85. The van der Waals surface area contributed by atoms with E-state index in [2.05, 4.69) is 4.74 Å². The highest BCUT2D eigenvalue weighted by Crippen LogP contribution is 2.14. The molecule has 0 radical (unpaired) electrons. The van der Waals surface area contributed by atoms with E-state index in [9.17, 15) is 9.59 Å². The number of rotatable bonds is 0. The first-order valence-corrected chi connectivity index (χ1v) is 4.55. The summed E-state index contributed by atoms with van der Waals surface area (Å²) in [6, 6.07) is 3.66. The molecule has 1 aliphatic heterocycles. The molecule has 2 bridgehead atoms. The molecular weight excluding hydrogens is 184 g/mol. The van der Waals surface area contributed by atoms with E-state index in [1.807, 2.05) is 12.1 Å². The number of carbonyl (C=O) groups is 2. The lowest BCUT2D eigenvalue weighted by atomic mass is 10.2. The third-order valence-electron chi connectivity index (χ3n) is 2.10. The SMILES string of the molecule is O=C1CCc2ccc(o2)CCC(=O)O1. The zero-order valence-electron chi connectivity index (χ0n) is 7.62. The molecule has 0 spiro atoms. The van der Waals surface area contributed by atoms with Gasteiger partial charge in [-0.1, -0.05) is 0 Å². The van der Waals surface area contributed by atoms with Crippen molar-refractivity contribution >= 4 is 11.9 Å². The summed E-state index contributed by atoms with van der Waals surface area (Å²) in [6.45, 7) is 0. The van der Waals surface area contributed by atoms with Gasteiger partial charge in [0.25, 0.3) is 0 Å². The molecule has 4 heteroatoms. The Labute approximate surface area is 80.8 Å². The Morgan fingerprint density at radius 2 is 1.36 bits per heavy atom. The lowest BCUT2D eigenvalue weighted by Crippen LogP contribution is -2.13. The lowest BCUT2D eigenvalue weighted by molar-refractivity contribution is -0.159. The number of esters is 2. The van der Waals surface area contributed by atoms with E-state index in [4.69, 9.17) is 4.42 Å². The number of fused-ring (bicyclic) bond motifs is 2. The van der Waals surface area contributed by atoms with Crippen LogP contribution in [0.25, 0.3) is 0 Å². The van der Waals surface area contributed by atoms with Crippen LogP contribution < -0.4 is 0 Å². The molecule has 74 valence electrons. The van der Waals surface area contributed by atoms with E-state index in [0.717, 1.165) is 11.5 Å². The van der Waals surface area contributed by atoms with E-state index in [0.29, 0.717) is 12.8 Å². The molecule has 0 saturated heterocycles. The van der Waals surface area contributed by atoms with Crippen molar-refractivity contribution in [3.63, 3.8) is 0 Å². The zero-order valence-corrected chi connectivity index (χ0v) is 7.62. The maximum atomic E-state index is 11.0. The predicted octanol–water partition coefficient (Wildman–Crippen LogP) is 1.23. The van der Waals surface area contributed by atoms with Gasteiger partial charge in [-0.05, 0) is 12.1 Å². The summed E-state index contributed by atoms with van der Waals surface area (Å²) >= 11 is 0. The van der Waals surface area contributed by atoms with Crippen molar-refractivity contribution in [2.45, 2.75) is 25.7 Å². The molecule has 0 fully saturated rings. The van der Waals surface area contributed by atoms with E-state index >= 15 is 0 Å². The van der Waals surface area contributed by atoms with E-state index < -0.39 is 11.9 Å². The molecule has 2 heterocycles. The molecule has 14 heavy (non-hydrogen) atoms. The van der Waals surface area contributed by atoms with Crippen molar-refractivity contribution in [2.24, 2.45) is 0 Å². The normalized spacial score (nSPS) is 17.7. The fourth-order valence-electron chi connectivity index (χ4n) is 1.37. The van der Waals surface area contributed by atoms with Crippen molar-refractivity contribution in [1.29, 1.82) is 0 Å². The number of carbonyl (C=O) groups excluding carboxylic acids is 2. The number of aryl methyl sites for hydroxylation is 2. The quantitative estimate of drug-likeness (QED) is 0.460. The van der Waals surface area contributed by atoms with Crippen LogP contribution in [0.3, 0.4) is 0 Å². The van der Waals surface area contributed by atoms with Gasteiger partial charge in [-0.15, -0.1) is 0 Å². The van der Waals surface area contributed by atoms with Gasteiger partial charge in [-0.3, -0.25) is 9.59 Å². The largest absolute Gasteiger partial charge is 0.466 e. The third kappa shape index (κ3) is 2.02. The molecule has 1 aromatic rings. The molecule has 0 atom stereocenters. The van der Waals surface area contributed by atoms with Gasteiger partial charge in [-0.25, -0.2) is 0 Å². The fraction of sp³-hybridized carbons (Fsp3) is 0.400. The van der Waals surface area contributed by atoms with Gasteiger partial charge in [-0.2, -0.15) is 0 Å². The van der Waals surface area contributed by atoms with Gasteiger partial charge in [0.2, 0.25) is 0 Å². The summed E-state index contributed by atoms with van der Waals surface area (Å²) in [4.78, 5) is 22.1. The predicted molar refractivity (Wildman–Crippen MR) is 46.4 cm³/mol. The lowest BCUT2D eigenvalue weighted by Gasteiger charge is -2.03. The second-order valence-corrected chi connectivity index (χ2v) is 3.21.